The number of hydrogen-bond acceptors (Lipinski definition) is 3. The molecule has 0 heterocycles. The van der Waals surface area contributed by atoms with Gasteiger partial charge in [0, 0.05) is 6.54 Å². The highest BCUT2D eigenvalue weighted by molar-refractivity contribution is 5.56. The van der Waals surface area contributed by atoms with Crippen LogP contribution in [0.3, 0.4) is 0 Å². The topological polar surface area (TPSA) is 41.5 Å². The van der Waals surface area contributed by atoms with Crippen molar-refractivity contribution in [2.45, 2.75) is 12.3 Å². The van der Waals surface area contributed by atoms with Crippen molar-refractivity contribution < 1.29 is 23.0 Å². The third kappa shape index (κ3) is 3.30. The van der Waals surface area contributed by atoms with Gasteiger partial charge in [0.2, 0.25) is 0 Å². The lowest BCUT2D eigenvalue weighted by Crippen LogP contribution is -2.35. The van der Waals surface area contributed by atoms with Gasteiger partial charge in [-0.3, -0.25) is 0 Å². The van der Waals surface area contributed by atoms with Crippen LogP contribution in [0.15, 0.2) is 24.3 Å². The molecule has 3 nitrogen and oxygen atoms in total. The summed E-state index contributed by atoms with van der Waals surface area (Å²) in [5.74, 6) is 0.428. The molecule has 1 aromatic rings. The minimum absolute atomic E-state index is 0.410. The zero-order chi connectivity index (χ0) is 12.2. The van der Waals surface area contributed by atoms with Crippen LogP contribution in [0.4, 0.5) is 18.9 Å². The van der Waals surface area contributed by atoms with Gasteiger partial charge in [-0.05, 0) is 12.1 Å². The first-order valence-corrected chi connectivity index (χ1v) is 4.57. The highest BCUT2D eigenvalue weighted by Crippen LogP contribution is 2.25. The zero-order valence-corrected chi connectivity index (χ0v) is 8.58. The molecule has 6 heteroatoms. The van der Waals surface area contributed by atoms with Crippen LogP contribution in [0.25, 0.3) is 0 Å². The first kappa shape index (κ1) is 12.6. The number of ether oxygens (including phenoxy) is 1. The Balaban J connectivity index is 2.61. The number of halogens is 3. The molecule has 1 unspecified atom stereocenters. The summed E-state index contributed by atoms with van der Waals surface area (Å²) in [5, 5.41) is 11.3. The predicted octanol–water partition coefficient (Wildman–Crippen LogP) is 2.03. The van der Waals surface area contributed by atoms with E-state index in [1.54, 1.807) is 24.3 Å². The Hall–Kier alpha value is -1.43. The molecular formula is C10H12F3NO2. The molecule has 0 amide bonds. The summed E-state index contributed by atoms with van der Waals surface area (Å²) in [6.45, 7) is -0.607. The minimum atomic E-state index is -4.62. The lowest BCUT2D eigenvalue weighted by atomic mass is 10.2. The summed E-state index contributed by atoms with van der Waals surface area (Å²) in [4.78, 5) is 0. The van der Waals surface area contributed by atoms with Gasteiger partial charge in [-0.15, -0.1) is 0 Å². The van der Waals surface area contributed by atoms with Crippen molar-refractivity contribution in [3.05, 3.63) is 24.3 Å². The van der Waals surface area contributed by atoms with E-state index in [4.69, 9.17) is 9.84 Å². The maximum atomic E-state index is 12.0. The Bertz CT molecular complexity index is 341. The van der Waals surface area contributed by atoms with E-state index in [0.29, 0.717) is 11.4 Å². The van der Waals surface area contributed by atoms with Gasteiger partial charge < -0.3 is 15.2 Å². The molecule has 1 aromatic carbocycles. The van der Waals surface area contributed by atoms with Crippen LogP contribution in [0.5, 0.6) is 5.75 Å². The molecule has 0 aliphatic rings. The lowest BCUT2D eigenvalue weighted by molar-refractivity contribution is -0.198. The van der Waals surface area contributed by atoms with Gasteiger partial charge in [-0.25, -0.2) is 0 Å². The summed E-state index contributed by atoms with van der Waals surface area (Å²) in [7, 11) is 1.42. The number of aliphatic hydroxyl groups is 1. The molecule has 0 aliphatic heterocycles. The van der Waals surface area contributed by atoms with Crippen LogP contribution in [0.2, 0.25) is 0 Å². The van der Waals surface area contributed by atoms with E-state index >= 15 is 0 Å². The number of rotatable bonds is 4. The first-order chi connectivity index (χ1) is 7.45. The van der Waals surface area contributed by atoms with E-state index in [1.165, 1.54) is 7.11 Å². The van der Waals surface area contributed by atoms with Crippen molar-refractivity contribution in [2.24, 2.45) is 0 Å². The Morgan fingerprint density at radius 3 is 2.56 bits per heavy atom. The average Bonchev–Trinajstić information content (AvgIpc) is 2.24. The minimum Gasteiger partial charge on any atom is -0.495 e. The van der Waals surface area contributed by atoms with Crippen LogP contribution in [-0.4, -0.2) is 31.0 Å². The van der Waals surface area contributed by atoms with Gasteiger partial charge in [0.25, 0.3) is 0 Å². The van der Waals surface area contributed by atoms with Crippen molar-refractivity contribution >= 4 is 5.69 Å². The molecule has 1 rings (SSSR count). The molecule has 1 atom stereocenters. The Kier molecular flexibility index (Phi) is 4.00. The maximum absolute atomic E-state index is 12.0. The Morgan fingerprint density at radius 2 is 2.00 bits per heavy atom. The van der Waals surface area contributed by atoms with Crippen molar-refractivity contribution in [1.29, 1.82) is 0 Å². The Labute approximate surface area is 90.8 Å². The zero-order valence-electron chi connectivity index (χ0n) is 8.58. The molecule has 0 bridgehead atoms. The standard InChI is InChI=1S/C10H12F3NO2/c1-16-8-5-3-2-4-7(8)14-6-9(15)10(11,12)13/h2-5,9,14-15H,6H2,1H3. The molecule has 0 aromatic heterocycles. The molecule has 16 heavy (non-hydrogen) atoms. The average molecular weight is 235 g/mol. The molecule has 0 radical (unpaired) electrons. The quantitative estimate of drug-likeness (QED) is 0.839. The monoisotopic (exact) mass is 235 g/mol. The van der Waals surface area contributed by atoms with Crippen LogP contribution in [0.1, 0.15) is 0 Å². The van der Waals surface area contributed by atoms with Crippen LogP contribution >= 0.6 is 0 Å². The Morgan fingerprint density at radius 1 is 1.38 bits per heavy atom. The van der Waals surface area contributed by atoms with Gasteiger partial charge in [-0.2, -0.15) is 13.2 Å². The summed E-state index contributed by atoms with van der Waals surface area (Å²) < 4.78 is 41.0. The second-order valence-electron chi connectivity index (χ2n) is 3.14. The molecule has 0 aliphatic carbocycles. The summed E-state index contributed by atoms with van der Waals surface area (Å²) >= 11 is 0. The fourth-order valence-electron chi connectivity index (χ4n) is 1.11. The van der Waals surface area contributed by atoms with E-state index in [9.17, 15) is 13.2 Å². The second kappa shape index (κ2) is 5.07. The van der Waals surface area contributed by atoms with Gasteiger partial charge in [-0.1, -0.05) is 12.1 Å². The molecule has 0 spiro atoms. The molecule has 0 saturated heterocycles. The molecule has 90 valence electrons. The fourth-order valence-corrected chi connectivity index (χ4v) is 1.11. The number of para-hydroxylation sites is 2. The van der Waals surface area contributed by atoms with Gasteiger partial charge in [0.05, 0.1) is 12.8 Å². The predicted molar refractivity (Wildman–Crippen MR) is 53.5 cm³/mol. The van der Waals surface area contributed by atoms with Gasteiger partial charge >= 0.3 is 6.18 Å². The first-order valence-electron chi connectivity index (χ1n) is 4.57. The fraction of sp³-hybridized carbons (Fsp3) is 0.400. The number of alkyl halides is 3. The third-order valence-electron chi connectivity index (χ3n) is 1.97. The highest BCUT2D eigenvalue weighted by atomic mass is 19.4. The summed E-state index contributed by atoms with van der Waals surface area (Å²) in [5.41, 5.74) is 0.410. The van der Waals surface area contributed by atoms with Crippen molar-refractivity contribution in [3.63, 3.8) is 0 Å². The van der Waals surface area contributed by atoms with E-state index in [2.05, 4.69) is 5.32 Å². The summed E-state index contributed by atoms with van der Waals surface area (Å²) in [6.07, 6.45) is -7.01. The molecule has 2 N–H and O–H groups in total. The van der Waals surface area contributed by atoms with Crippen LogP contribution in [0, 0.1) is 0 Å². The highest BCUT2D eigenvalue weighted by Gasteiger charge is 2.37. The number of methoxy groups -OCH3 is 1. The van der Waals surface area contributed by atoms with Crippen molar-refractivity contribution in [3.8, 4) is 5.75 Å². The van der Waals surface area contributed by atoms with Gasteiger partial charge in [0.1, 0.15) is 5.75 Å². The number of anilines is 1. The van der Waals surface area contributed by atoms with Crippen LogP contribution in [-0.2, 0) is 0 Å². The maximum Gasteiger partial charge on any atom is 0.416 e. The van der Waals surface area contributed by atoms with Gasteiger partial charge in [0.15, 0.2) is 6.10 Å². The van der Waals surface area contributed by atoms with Crippen molar-refractivity contribution in [1.82, 2.24) is 0 Å². The number of aliphatic hydroxyl groups excluding tert-OH is 1. The second-order valence-corrected chi connectivity index (χ2v) is 3.14. The van der Waals surface area contributed by atoms with Crippen LogP contribution < -0.4 is 10.1 Å². The number of nitrogens with one attached hydrogen (secondary N) is 1. The van der Waals surface area contributed by atoms with E-state index in [1.807, 2.05) is 0 Å². The van der Waals surface area contributed by atoms with E-state index in [0.717, 1.165) is 0 Å². The third-order valence-corrected chi connectivity index (χ3v) is 1.97. The van der Waals surface area contributed by atoms with E-state index in [-0.39, 0.29) is 0 Å². The molecule has 0 fully saturated rings. The lowest BCUT2D eigenvalue weighted by Gasteiger charge is -2.17. The molecule has 0 saturated carbocycles. The smallest absolute Gasteiger partial charge is 0.416 e. The molecular weight excluding hydrogens is 223 g/mol. The van der Waals surface area contributed by atoms with E-state index < -0.39 is 18.8 Å². The SMILES string of the molecule is COc1ccccc1NCC(O)C(F)(F)F. The largest absolute Gasteiger partial charge is 0.495 e. The summed E-state index contributed by atoms with van der Waals surface area (Å²) in [6, 6.07) is 6.54. The number of hydrogen-bond donors (Lipinski definition) is 2. The number of benzene rings is 1. The van der Waals surface area contributed by atoms with Crippen molar-refractivity contribution in [2.75, 3.05) is 19.0 Å². The normalized spacial score (nSPS) is 13.3.